The number of ether oxygens (including phenoxy) is 1. The smallest absolute Gasteiger partial charge is 0.260 e. The Morgan fingerprint density at radius 2 is 2.12 bits per heavy atom. The van der Waals surface area contributed by atoms with E-state index in [0.717, 1.165) is 4.90 Å². The van der Waals surface area contributed by atoms with Crippen LogP contribution in [0.2, 0.25) is 0 Å². The third-order valence-electron chi connectivity index (χ3n) is 5.52. The molecule has 1 aromatic heterocycles. The van der Waals surface area contributed by atoms with Crippen molar-refractivity contribution in [2.45, 2.75) is 32.0 Å². The van der Waals surface area contributed by atoms with Crippen molar-refractivity contribution < 1.29 is 27.5 Å². The first-order valence-electron chi connectivity index (χ1n) is 10.0. The summed E-state index contributed by atoms with van der Waals surface area (Å²) in [5, 5.41) is 2.69. The van der Waals surface area contributed by atoms with E-state index in [-0.39, 0.29) is 43.5 Å². The molecule has 2 aliphatic rings. The van der Waals surface area contributed by atoms with Gasteiger partial charge in [-0.2, -0.15) is 0 Å². The highest BCUT2D eigenvalue weighted by molar-refractivity contribution is 5.95. The second-order valence-electron chi connectivity index (χ2n) is 7.90. The number of likely N-dealkylation sites (N-methyl/N-ethyl adjacent to an activating group) is 1. The number of aromatic nitrogens is 2. The summed E-state index contributed by atoms with van der Waals surface area (Å²) in [5.41, 5.74) is 5.56. The number of piperazine rings is 1. The second-order valence-corrected chi connectivity index (χ2v) is 7.90. The summed E-state index contributed by atoms with van der Waals surface area (Å²) in [6.07, 6.45) is -1.25. The minimum Gasteiger partial charge on any atom is -0.488 e. The summed E-state index contributed by atoms with van der Waals surface area (Å²) in [7, 11) is 1.61. The summed E-state index contributed by atoms with van der Waals surface area (Å²) in [6.45, 7) is 1.87. The molecule has 4 rings (SSSR count). The lowest BCUT2D eigenvalue weighted by atomic mass is 10.1. The highest BCUT2D eigenvalue weighted by atomic mass is 19.3. The number of halogens is 3. The molecule has 2 aromatic rings. The first-order valence-corrected chi connectivity index (χ1v) is 10.0. The summed E-state index contributed by atoms with van der Waals surface area (Å²) in [4.78, 5) is 30.9. The number of anilines is 2. The first-order chi connectivity index (χ1) is 15.2. The maximum absolute atomic E-state index is 15.1. The quantitative estimate of drug-likeness (QED) is 0.708. The molecular weight excluding hydrogens is 429 g/mol. The van der Waals surface area contributed by atoms with E-state index < -0.39 is 36.1 Å². The predicted octanol–water partition coefficient (Wildman–Crippen LogP) is 1.28. The van der Waals surface area contributed by atoms with Crippen molar-refractivity contribution in [3.8, 4) is 17.1 Å². The minimum absolute atomic E-state index is 0.00695. The third kappa shape index (κ3) is 3.85. The lowest BCUT2D eigenvalue weighted by molar-refractivity contribution is -0.123. The Morgan fingerprint density at radius 3 is 2.81 bits per heavy atom. The molecule has 1 fully saturated rings. The SMILES string of the molecule is C[C@H](Nc1ccc2c(c1F)OCCn1cc(N3C(=O)CN(C)C[C@H]3C(F)F)nc1-2)C(N)=O. The van der Waals surface area contributed by atoms with Gasteiger partial charge in [-0.15, -0.1) is 0 Å². The predicted molar refractivity (Wildman–Crippen MR) is 110 cm³/mol. The third-order valence-corrected chi connectivity index (χ3v) is 5.52. The summed E-state index contributed by atoms with van der Waals surface area (Å²) >= 11 is 0. The van der Waals surface area contributed by atoms with Crippen LogP contribution in [0.3, 0.4) is 0 Å². The van der Waals surface area contributed by atoms with Crippen LogP contribution in [0.1, 0.15) is 6.92 Å². The maximum atomic E-state index is 15.1. The van der Waals surface area contributed by atoms with Gasteiger partial charge in [-0.3, -0.25) is 19.4 Å². The van der Waals surface area contributed by atoms with E-state index in [1.807, 2.05) is 0 Å². The van der Waals surface area contributed by atoms with E-state index in [4.69, 9.17) is 10.5 Å². The zero-order valence-corrected chi connectivity index (χ0v) is 17.5. The molecule has 172 valence electrons. The van der Waals surface area contributed by atoms with Crippen LogP contribution in [0.4, 0.5) is 24.7 Å². The van der Waals surface area contributed by atoms with Gasteiger partial charge in [0.25, 0.3) is 6.43 Å². The summed E-state index contributed by atoms with van der Waals surface area (Å²) < 4.78 is 49.7. The summed E-state index contributed by atoms with van der Waals surface area (Å²) in [5.74, 6) is -1.57. The fourth-order valence-electron chi connectivity index (χ4n) is 3.89. The van der Waals surface area contributed by atoms with Crippen molar-refractivity contribution in [2.75, 3.05) is 37.0 Å². The topological polar surface area (TPSA) is 106 Å². The van der Waals surface area contributed by atoms with E-state index in [1.54, 1.807) is 17.7 Å². The van der Waals surface area contributed by atoms with Gasteiger partial charge in [0, 0.05) is 12.7 Å². The van der Waals surface area contributed by atoms with Crippen LogP contribution in [-0.2, 0) is 16.1 Å². The van der Waals surface area contributed by atoms with Crippen molar-refractivity contribution in [1.82, 2.24) is 14.5 Å². The van der Waals surface area contributed by atoms with E-state index in [9.17, 15) is 18.4 Å². The molecule has 9 nitrogen and oxygen atoms in total. The van der Waals surface area contributed by atoms with Crippen molar-refractivity contribution in [3.05, 3.63) is 24.1 Å². The number of primary amides is 1. The molecule has 2 atom stereocenters. The molecule has 3 heterocycles. The van der Waals surface area contributed by atoms with Crippen LogP contribution in [0, 0.1) is 5.82 Å². The Balaban J connectivity index is 1.73. The number of alkyl halides is 2. The monoisotopic (exact) mass is 452 g/mol. The van der Waals surface area contributed by atoms with Gasteiger partial charge in [-0.1, -0.05) is 0 Å². The molecule has 0 radical (unpaired) electrons. The van der Waals surface area contributed by atoms with Crippen molar-refractivity contribution in [2.24, 2.45) is 5.73 Å². The number of fused-ring (bicyclic) bond motifs is 3. The Kier molecular flexibility index (Phi) is 5.71. The van der Waals surface area contributed by atoms with Gasteiger partial charge in [0.2, 0.25) is 11.8 Å². The summed E-state index contributed by atoms with van der Waals surface area (Å²) in [6, 6.07) is 0.828. The molecular formula is C20H23F3N6O3. The number of nitrogens with one attached hydrogen (secondary N) is 1. The molecule has 1 saturated heterocycles. The van der Waals surface area contributed by atoms with E-state index >= 15 is 4.39 Å². The first kappa shape index (κ1) is 21.9. The van der Waals surface area contributed by atoms with Crippen LogP contribution in [0.15, 0.2) is 18.3 Å². The van der Waals surface area contributed by atoms with E-state index in [0.29, 0.717) is 11.4 Å². The van der Waals surface area contributed by atoms with Crippen molar-refractivity contribution in [3.63, 3.8) is 0 Å². The van der Waals surface area contributed by atoms with Crippen LogP contribution in [0.5, 0.6) is 5.75 Å². The lowest BCUT2D eigenvalue weighted by Gasteiger charge is -2.37. The van der Waals surface area contributed by atoms with Gasteiger partial charge < -0.3 is 20.4 Å². The van der Waals surface area contributed by atoms with Crippen LogP contribution in [0.25, 0.3) is 11.4 Å². The minimum atomic E-state index is -2.75. The molecule has 12 heteroatoms. The number of carbonyl (C=O) groups is 2. The fraction of sp³-hybridized carbons (Fsp3) is 0.450. The van der Waals surface area contributed by atoms with Crippen LogP contribution < -0.4 is 20.7 Å². The molecule has 0 aliphatic carbocycles. The van der Waals surface area contributed by atoms with Gasteiger partial charge in [0.05, 0.1) is 24.3 Å². The number of hydrogen-bond acceptors (Lipinski definition) is 6. The van der Waals surface area contributed by atoms with Crippen LogP contribution >= 0.6 is 0 Å². The van der Waals surface area contributed by atoms with E-state index in [2.05, 4.69) is 10.3 Å². The molecule has 0 unspecified atom stereocenters. The standard InChI is InChI=1S/C20H23F3N6O3/c1-10(19(24)31)25-12-4-3-11-17(16(12)21)32-6-5-28-8-14(26-20(11)28)29-13(18(22)23)7-27(2)9-15(29)30/h3-4,8,10,13,18,25H,5-7,9H2,1-2H3,(H2,24,31)/t10-,13-/m0/s1. The molecule has 0 saturated carbocycles. The Bertz CT molecular complexity index is 1060. The Morgan fingerprint density at radius 1 is 1.38 bits per heavy atom. The fourth-order valence-corrected chi connectivity index (χ4v) is 3.89. The number of carbonyl (C=O) groups excluding carboxylic acids is 2. The molecule has 2 aliphatic heterocycles. The maximum Gasteiger partial charge on any atom is 0.260 e. The number of nitrogens with zero attached hydrogens (tertiary/aromatic N) is 4. The molecule has 32 heavy (non-hydrogen) atoms. The van der Waals surface area contributed by atoms with Crippen LogP contribution in [-0.4, -0.2) is 71.5 Å². The zero-order chi connectivity index (χ0) is 23.2. The molecule has 0 bridgehead atoms. The average molecular weight is 452 g/mol. The molecule has 2 amide bonds. The number of imidazole rings is 1. The molecule has 1 aromatic carbocycles. The van der Waals surface area contributed by atoms with Crippen molar-refractivity contribution in [1.29, 1.82) is 0 Å². The second kappa shape index (κ2) is 8.34. The Hall–Kier alpha value is -3.28. The highest BCUT2D eigenvalue weighted by Gasteiger charge is 2.39. The number of benzene rings is 1. The zero-order valence-electron chi connectivity index (χ0n) is 17.5. The number of nitrogens with two attached hydrogens (primary N) is 1. The van der Waals surface area contributed by atoms with Gasteiger partial charge in [-0.05, 0) is 26.1 Å². The van der Waals surface area contributed by atoms with E-state index in [1.165, 1.54) is 24.1 Å². The number of amides is 2. The highest BCUT2D eigenvalue weighted by Crippen LogP contribution is 2.39. The largest absolute Gasteiger partial charge is 0.488 e. The van der Waals surface area contributed by atoms with Gasteiger partial charge >= 0.3 is 0 Å². The normalized spacial score (nSPS) is 19.8. The number of rotatable bonds is 5. The van der Waals surface area contributed by atoms with Gasteiger partial charge in [0.15, 0.2) is 17.4 Å². The molecule has 3 N–H and O–H groups in total. The lowest BCUT2D eigenvalue weighted by Crippen LogP contribution is -2.58. The Labute approximate surface area is 181 Å². The van der Waals surface area contributed by atoms with Crippen molar-refractivity contribution >= 4 is 23.3 Å². The van der Waals surface area contributed by atoms with Gasteiger partial charge in [-0.25, -0.2) is 18.2 Å². The number of hydrogen-bond donors (Lipinski definition) is 2. The average Bonchev–Trinajstić information content (AvgIpc) is 3.05. The molecule has 0 spiro atoms. The van der Waals surface area contributed by atoms with Gasteiger partial charge in [0.1, 0.15) is 24.5 Å².